The van der Waals surface area contributed by atoms with Gasteiger partial charge < -0.3 is 0 Å². The van der Waals surface area contributed by atoms with Crippen LogP contribution in [0.4, 0.5) is 5.69 Å². The number of hydrogen-bond donors (Lipinski definition) is 1. The van der Waals surface area contributed by atoms with Gasteiger partial charge in [-0.25, -0.2) is 0 Å². The Kier molecular flexibility index (Phi) is 4.31. The Labute approximate surface area is 96.1 Å². The van der Waals surface area contributed by atoms with Gasteiger partial charge in [-0.3, -0.25) is 0 Å². The topological polar surface area (TPSA) is 72.5 Å². The molecule has 0 unspecified atom stereocenters. The first-order chi connectivity index (χ1) is 6.47. The van der Waals surface area contributed by atoms with Crippen LogP contribution in [0, 0.1) is 0 Å². The van der Waals surface area contributed by atoms with E-state index in [0.29, 0.717) is 9.20 Å². The fourth-order valence-electron chi connectivity index (χ4n) is 0.726. The maximum atomic E-state index is 10.7. The van der Waals surface area contributed by atoms with Crippen molar-refractivity contribution in [2.45, 2.75) is 0 Å². The molecule has 75 valence electrons. The van der Waals surface area contributed by atoms with Crippen molar-refractivity contribution < 1.29 is 8.42 Å². The third-order valence-electron chi connectivity index (χ3n) is 1.16. The molecule has 0 saturated heterocycles. The van der Waals surface area contributed by atoms with Crippen LogP contribution in [0.25, 0.3) is 0 Å². The van der Waals surface area contributed by atoms with Crippen LogP contribution in [0.1, 0.15) is 0 Å². The molecule has 0 aliphatic rings. The Morgan fingerprint density at radius 3 is 2.43 bits per heavy atom. The zero-order valence-electron chi connectivity index (χ0n) is 6.95. The van der Waals surface area contributed by atoms with E-state index in [1.54, 1.807) is 12.1 Å². The second-order valence-electron chi connectivity index (χ2n) is 2.29. The summed E-state index contributed by atoms with van der Waals surface area (Å²) < 4.78 is 21.9. The van der Waals surface area contributed by atoms with Crippen LogP contribution in [-0.2, 0) is 8.44 Å². The van der Waals surface area contributed by atoms with Crippen LogP contribution >= 0.6 is 0 Å². The van der Waals surface area contributed by atoms with E-state index < -0.39 is 22.3 Å². The third kappa shape index (κ3) is 4.91. The molecular weight excluding hydrogens is 334 g/mol. The number of benzene rings is 1. The van der Waals surface area contributed by atoms with Gasteiger partial charge in [0.2, 0.25) is 0 Å². The molecule has 0 aliphatic carbocycles. The van der Waals surface area contributed by atoms with Crippen LogP contribution in [0.2, 0.25) is 0 Å². The fraction of sp³-hybridized carbons (Fsp3) is 0. The molecule has 0 heterocycles. The second kappa shape index (κ2) is 5.07. The number of nitrogens with two attached hydrogens (primary N) is 1. The minimum atomic E-state index is -3.44. The summed E-state index contributed by atoms with van der Waals surface area (Å²) in [5.41, 5.74) is 0.715. The van der Waals surface area contributed by atoms with E-state index in [4.69, 9.17) is 5.14 Å². The fourth-order valence-corrected chi connectivity index (χ4v) is 5.99. The van der Waals surface area contributed by atoms with Gasteiger partial charge in [0, 0.05) is 0 Å². The van der Waals surface area contributed by atoms with Crippen LogP contribution in [0.3, 0.4) is 0 Å². The number of nitrogens with zero attached hydrogens (tertiary/aromatic N) is 1. The summed E-state index contributed by atoms with van der Waals surface area (Å²) in [7, 11) is -3.44. The molecule has 4 nitrogen and oxygen atoms in total. The van der Waals surface area contributed by atoms with Crippen LogP contribution in [-0.4, -0.2) is 41.8 Å². The minimum absolute atomic E-state index is 0.422. The molecular formula is C7H7N2O2SSe2. The van der Waals surface area contributed by atoms with E-state index in [1.165, 1.54) is 0 Å². The predicted molar refractivity (Wildman–Crippen MR) is 58.2 cm³/mol. The van der Waals surface area contributed by atoms with E-state index in [-0.39, 0.29) is 0 Å². The van der Waals surface area contributed by atoms with Crippen molar-refractivity contribution >= 4 is 47.5 Å². The summed E-state index contributed by atoms with van der Waals surface area (Å²) in [6.45, 7) is 0. The first-order valence-electron chi connectivity index (χ1n) is 3.50. The van der Waals surface area contributed by atoms with Crippen molar-refractivity contribution in [1.82, 2.24) is 0 Å². The monoisotopic (exact) mass is 343 g/mol. The number of aliphatic imine (C=N–C) groups is 1. The molecule has 0 bridgehead atoms. The quantitative estimate of drug-likeness (QED) is 0.608. The van der Waals surface area contributed by atoms with Crippen molar-refractivity contribution in [3.8, 4) is 0 Å². The van der Waals surface area contributed by atoms with Gasteiger partial charge in [0.05, 0.1) is 0 Å². The van der Waals surface area contributed by atoms with E-state index in [9.17, 15) is 8.42 Å². The maximum absolute atomic E-state index is 10.7. The molecule has 0 aromatic heterocycles. The zero-order valence-corrected chi connectivity index (χ0v) is 11.2. The molecule has 0 saturated carbocycles. The molecule has 0 amide bonds. The molecule has 1 radical (unpaired) electrons. The van der Waals surface area contributed by atoms with Crippen molar-refractivity contribution in [3.05, 3.63) is 30.3 Å². The van der Waals surface area contributed by atoms with E-state index >= 15 is 0 Å². The van der Waals surface area contributed by atoms with Crippen molar-refractivity contribution in [2.24, 2.45) is 10.1 Å². The first-order valence-corrected chi connectivity index (χ1v) is 8.78. The van der Waals surface area contributed by atoms with Crippen LogP contribution < -0.4 is 5.14 Å². The van der Waals surface area contributed by atoms with Gasteiger partial charge in [0.1, 0.15) is 0 Å². The van der Waals surface area contributed by atoms with Crippen LogP contribution in [0.5, 0.6) is 0 Å². The summed E-state index contributed by atoms with van der Waals surface area (Å²) in [6.07, 6.45) is 0. The number of rotatable bonds is 3. The van der Waals surface area contributed by atoms with Crippen molar-refractivity contribution in [3.63, 3.8) is 0 Å². The predicted octanol–water partition coefficient (Wildman–Crippen LogP) is -0.250. The standard InChI is InChI=1S/C7H7N2O2SSe2/c8-12(10,11)14-7(13)9-6-4-2-1-3-5-6/h1-5H,(H2,8,10,11). The Hall–Kier alpha value is -0.161. The average Bonchev–Trinajstić information content (AvgIpc) is 2.02. The van der Waals surface area contributed by atoms with Gasteiger partial charge in [-0.05, 0) is 0 Å². The van der Waals surface area contributed by atoms with E-state index in [2.05, 4.69) is 21.0 Å². The Bertz CT molecular complexity index is 430. The first kappa shape index (κ1) is 11.9. The van der Waals surface area contributed by atoms with E-state index in [1.807, 2.05) is 18.2 Å². The molecule has 0 spiro atoms. The van der Waals surface area contributed by atoms with Gasteiger partial charge >= 0.3 is 96.4 Å². The Morgan fingerprint density at radius 1 is 1.36 bits per heavy atom. The number of para-hydroxylation sites is 1. The van der Waals surface area contributed by atoms with Crippen LogP contribution in [0.15, 0.2) is 35.3 Å². The summed E-state index contributed by atoms with van der Waals surface area (Å²) >= 11 is 1.77. The van der Waals surface area contributed by atoms with Gasteiger partial charge in [0.25, 0.3) is 0 Å². The molecule has 1 aromatic rings. The van der Waals surface area contributed by atoms with Gasteiger partial charge in [-0.2, -0.15) is 0 Å². The summed E-state index contributed by atoms with van der Waals surface area (Å²) in [4.78, 5) is 4.07. The Balaban J connectivity index is 2.80. The normalized spacial score (nSPS) is 12.8. The van der Waals surface area contributed by atoms with Crippen molar-refractivity contribution in [2.75, 3.05) is 0 Å². The molecule has 1 aromatic carbocycles. The second-order valence-corrected chi connectivity index (χ2v) is 10.3. The molecule has 14 heavy (non-hydrogen) atoms. The van der Waals surface area contributed by atoms with E-state index in [0.717, 1.165) is 0 Å². The SMILES string of the molecule is NS(=O)(=O)[Se]C([Se])=Nc1ccccc1. The average molecular weight is 341 g/mol. The zero-order chi connectivity index (χ0) is 10.6. The Morgan fingerprint density at radius 2 is 1.93 bits per heavy atom. The molecule has 7 heteroatoms. The van der Waals surface area contributed by atoms with Gasteiger partial charge in [0.15, 0.2) is 0 Å². The van der Waals surface area contributed by atoms with Gasteiger partial charge in [-0.15, -0.1) is 0 Å². The molecule has 0 aliphatic heterocycles. The summed E-state index contributed by atoms with van der Waals surface area (Å²) in [5, 5.41) is 4.89. The number of hydrogen-bond acceptors (Lipinski definition) is 3. The molecule has 1 rings (SSSR count). The van der Waals surface area contributed by atoms with Crippen molar-refractivity contribution in [1.29, 1.82) is 0 Å². The molecule has 0 fully saturated rings. The molecule has 0 atom stereocenters. The third-order valence-corrected chi connectivity index (χ3v) is 6.51. The summed E-state index contributed by atoms with van der Waals surface area (Å²) in [5.74, 6) is 0. The summed E-state index contributed by atoms with van der Waals surface area (Å²) in [6, 6.07) is 9.10. The van der Waals surface area contributed by atoms with Gasteiger partial charge in [-0.1, -0.05) is 0 Å². The molecule has 2 N–H and O–H groups in total.